The summed E-state index contributed by atoms with van der Waals surface area (Å²) in [6.07, 6.45) is 0. The van der Waals surface area contributed by atoms with Gasteiger partial charge in [-0.05, 0) is 0 Å². The van der Waals surface area contributed by atoms with E-state index in [1.54, 1.807) is 0 Å². The van der Waals surface area contributed by atoms with Gasteiger partial charge >= 0.3 is 0 Å². The van der Waals surface area contributed by atoms with Crippen LogP contribution in [0.25, 0.3) is 0 Å². The average Bonchev–Trinajstić information content (AvgIpc) is 1.65. The molecule has 0 fully saturated rings. The maximum Gasteiger partial charge on any atom is 0.299 e. The molecule has 0 amide bonds. The van der Waals surface area contributed by atoms with Crippen LogP contribution in [0, 0.1) is 0 Å². The molecule has 0 aromatic carbocycles. The molecule has 0 aliphatic heterocycles. The Balaban J connectivity index is -0.0000000720. The van der Waals surface area contributed by atoms with Crippen LogP contribution in [0.3, 0.4) is 0 Å². The highest BCUT2D eigenvalue weighted by Crippen LogP contribution is 1.69. The Hall–Kier alpha value is 0.720. The third-order valence-electron chi connectivity index (χ3n) is 0.109. The van der Waals surface area contributed by atoms with Gasteiger partial charge in [-0.3, -0.25) is 9.11 Å². The largest absolute Gasteiger partial charge is 0.344 e. The van der Waals surface area contributed by atoms with Gasteiger partial charge in [0.15, 0.2) is 0 Å². The number of hydrogen-bond donors (Lipinski definition) is 4. The van der Waals surface area contributed by atoms with E-state index in [1.807, 2.05) is 0 Å². The average molecular weight is 270 g/mol. The van der Waals surface area contributed by atoms with Gasteiger partial charge in [-0.25, -0.2) is 0 Å². The fourth-order valence-corrected chi connectivity index (χ4v) is 0. The fourth-order valence-electron chi connectivity index (χ4n) is 0. The number of nitrogens with two attached hydrogens (primary N) is 1. The van der Waals surface area contributed by atoms with E-state index in [0.717, 1.165) is 11.0 Å². The Kier molecular flexibility index (Phi) is 28.9. The summed E-state index contributed by atoms with van der Waals surface area (Å²) in [6.45, 7) is 0.806. The molecule has 0 saturated heterocycles. The van der Waals surface area contributed by atoms with Gasteiger partial charge in [-0.2, -0.15) is 4.21 Å². The van der Waals surface area contributed by atoms with E-state index >= 15 is 0 Å². The molecule has 0 radical (unpaired) electrons. The number of rotatable bonds is 1. The second-order valence-electron chi connectivity index (χ2n) is 0.708. The molecule has 0 unspecified atom stereocenters. The summed E-state index contributed by atoms with van der Waals surface area (Å²) in [5.74, 6) is 0. The monoisotopic (exact) mass is 270 g/mol. The molecule has 7 N–H and O–H groups in total. The molecule has 0 atom stereocenters. The lowest BCUT2D eigenvalue weighted by Gasteiger charge is -1.68. The lowest BCUT2D eigenvalue weighted by molar-refractivity contribution is 0.454. The summed E-state index contributed by atoms with van der Waals surface area (Å²) in [5, 5.41) is 0. The summed E-state index contributed by atoms with van der Waals surface area (Å²) in [6, 6.07) is 0. The zero-order valence-corrected chi connectivity index (χ0v) is 7.76. The standard InChI is InChI=1S/C2H6IN.H3N.H2O3S/c3-1-2-4;;1-4(2)3/h1-2,4H2;1H3;(H2,1,2,3). The van der Waals surface area contributed by atoms with Gasteiger partial charge in [0.25, 0.3) is 11.4 Å². The summed E-state index contributed by atoms with van der Waals surface area (Å²) in [7, 11) is 0. The van der Waals surface area contributed by atoms with E-state index < -0.39 is 11.4 Å². The molecule has 0 aliphatic carbocycles. The number of alkyl halides is 1. The van der Waals surface area contributed by atoms with Crippen molar-refractivity contribution in [1.29, 1.82) is 0 Å². The van der Waals surface area contributed by atoms with Crippen molar-refractivity contribution in [2.75, 3.05) is 11.0 Å². The predicted octanol–water partition coefficient (Wildman–Crippen LogP) is 0.223. The van der Waals surface area contributed by atoms with Crippen LogP contribution in [0.1, 0.15) is 0 Å². The van der Waals surface area contributed by atoms with E-state index in [4.69, 9.17) is 19.0 Å². The van der Waals surface area contributed by atoms with Crippen molar-refractivity contribution in [3.63, 3.8) is 0 Å². The molecule has 0 saturated carbocycles. The van der Waals surface area contributed by atoms with E-state index in [1.165, 1.54) is 0 Å². The second kappa shape index (κ2) is 15.9. The Morgan fingerprint density at radius 3 is 1.67 bits per heavy atom. The van der Waals surface area contributed by atoms with Crippen molar-refractivity contribution in [1.82, 2.24) is 6.15 Å². The quantitative estimate of drug-likeness (QED) is 0.309. The smallest absolute Gasteiger partial charge is 0.299 e. The van der Waals surface area contributed by atoms with Gasteiger partial charge in [-0.1, -0.05) is 22.6 Å². The Labute approximate surface area is 70.2 Å². The third kappa shape index (κ3) is 133. The second-order valence-corrected chi connectivity index (χ2v) is 2.25. The van der Waals surface area contributed by atoms with Crippen LogP contribution < -0.4 is 11.9 Å². The van der Waals surface area contributed by atoms with Crippen molar-refractivity contribution in [3.8, 4) is 0 Å². The van der Waals surface area contributed by atoms with Crippen LogP contribution in [0.5, 0.6) is 0 Å². The van der Waals surface area contributed by atoms with Gasteiger partial charge in [0, 0.05) is 11.0 Å². The van der Waals surface area contributed by atoms with Crippen molar-refractivity contribution < 1.29 is 13.3 Å². The minimum absolute atomic E-state index is 0. The maximum atomic E-state index is 8.67. The molecule has 0 aliphatic rings. The highest BCUT2D eigenvalue weighted by atomic mass is 127. The van der Waals surface area contributed by atoms with Gasteiger partial charge < -0.3 is 11.9 Å². The van der Waals surface area contributed by atoms with E-state index in [0.29, 0.717) is 0 Å². The normalized spacial score (nSPS) is 7.22. The van der Waals surface area contributed by atoms with Crippen LogP contribution in [-0.2, 0) is 11.4 Å². The summed E-state index contributed by atoms with van der Waals surface area (Å²) >= 11 is -0.385. The summed E-state index contributed by atoms with van der Waals surface area (Å²) < 4.78 is 23.9. The zero-order valence-electron chi connectivity index (χ0n) is 4.79. The first-order valence-electron chi connectivity index (χ1n) is 1.71. The zero-order chi connectivity index (χ0) is 6.99. The lowest BCUT2D eigenvalue weighted by atomic mass is 10.8. The highest BCUT2D eigenvalue weighted by Gasteiger charge is 1.62. The minimum atomic E-state index is -2.61. The van der Waals surface area contributed by atoms with Crippen molar-refractivity contribution in [2.45, 2.75) is 0 Å². The van der Waals surface area contributed by atoms with Gasteiger partial charge in [-0.15, -0.1) is 0 Å². The molecule has 60 valence electrons. The first-order chi connectivity index (χ1) is 3.65. The van der Waals surface area contributed by atoms with Crippen molar-refractivity contribution >= 4 is 34.0 Å². The van der Waals surface area contributed by atoms with E-state index in [9.17, 15) is 0 Å². The third-order valence-corrected chi connectivity index (χ3v) is 0.732. The van der Waals surface area contributed by atoms with E-state index in [2.05, 4.69) is 22.6 Å². The predicted molar refractivity (Wildman–Crippen MR) is 46.4 cm³/mol. The summed E-state index contributed by atoms with van der Waals surface area (Å²) in [5.41, 5.74) is 5.02. The Bertz CT molecular complexity index is 57.8. The molecule has 0 rings (SSSR count). The SMILES string of the molecule is N.NCCI.O=S(O)O. The first-order valence-corrected chi connectivity index (χ1v) is 4.30. The van der Waals surface area contributed by atoms with Crippen LogP contribution in [-0.4, -0.2) is 24.3 Å². The van der Waals surface area contributed by atoms with Gasteiger partial charge in [0.2, 0.25) is 0 Å². The van der Waals surface area contributed by atoms with Crippen LogP contribution in [0.2, 0.25) is 0 Å². The van der Waals surface area contributed by atoms with Gasteiger partial charge in [0.1, 0.15) is 0 Å². The maximum absolute atomic E-state index is 8.67. The van der Waals surface area contributed by atoms with Crippen molar-refractivity contribution in [2.24, 2.45) is 5.73 Å². The van der Waals surface area contributed by atoms with Crippen LogP contribution >= 0.6 is 22.6 Å². The van der Waals surface area contributed by atoms with Crippen LogP contribution in [0.15, 0.2) is 0 Å². The Morgan fingerprint density at radius 1 is 1.56 bits per heavy atom. The first kappa shape index (κ1) is 16.4. The highest BCUT2D eigenvalue weighted by molar-refractivity contribution is 14.1. The number of hydrogen-bond acceptors (Lipinski definition) is 3. The molecule has 9 heavy (non-hydrogen) atoms. The lowest BCUT2D eigenvalue weighted by Crippen LogP contribution is -1.97. The summed E-state index contributed by atoms with van der Waals surface area (Å²) in [4.78, 5) is 0. The molecule has 0 aromatic heterocycles. The molecule has 0 bridgehead atoms. The molecule has 0 spiro atoms. The number of halogens is 1. The topological polar surface area (TPSA) is 119 Å². The molecule has 0 aromatic rings. The minimum Gasteiger partial charge on any atom is -0.344 e. The fraction of sp³-hybridized carbons (Fsp3) is 1.00. The molecular formula is C2H11IN2O3S. The van der Waals surface area contributed by atoms with Crippen LogP contribution in [0.4, 0.5) is 0 Å². The Morgan fingerprint density at radius 2 is 1.67 bits per heavy atom. The molecule has 0 heterocycles. The van der Waals surface area contributed by atoms with Gasteiger partial charge in [0.05, 0.1) is 0 Å². The molecule has 5 nitrogen and oxygen atoms in total. The van der Waals surface area contributed by atoms with Crippen molar-refractivity contribution in [3.05, 3.63) is 0 Å². The van der Waals surface area contributed by atoms with E-state index in [-0.39, 0.29) is 6.15 Å². The molecular weight excluding hydrogens is 259 g/mol. The molecule has 7 heteroatoms.